The molecule has 16 heavy (non-hydrogen) atoms. The molecule has 1 aromatic rings. The highest BCUT2D eigenvalue weighted by Gasteiger charge is 2.09. The van der Waals surface area contributed by atoms with E-state index in [4.69, 9.17) is 0 Å². The zero-order valence-corrected chi connectivity index (χ0v) is 9.80. The van der Waals surface area contributed by atoms with Crippen molar-refractivity contribution in [3.8, 4) is 0 Å². The van der Waals surface area contributed by atoms with Gasteiger partial charge >= 0.3 is 10.2 Å². The van der Waals surface area contributed by atoms with Gasteiger partial charge in [-0.3, -0.25) is 0 Å². The number of benzene rings is 1. The molecule has 0 aliphatic heterocycles. The number of halogens is 1. The minimum absolute atomic E-state index is 0.306. The van der Waals surface area contributed by atoms with E-state index in [2.05, 4.69) is 5.32 Å². The highest BCUT2D eigenvalue weighted by molar-refractivity contribution is 7.86. The Labute approximate surface area is 95.2 Å². The van der Waals surface area contributed by atoms with Crippen molar-refractivity contribution in [1.82, 2.24) is 5.32 Å². The van der Waals surface area contributed by atoms with Crippen LogP contribution in [0.25, 0.3) is 6.08 Å². The normalized spacial score (nSPS) is 12.1. The summed E-state index contributed by atoms with van der Waals surface area (Å²) in [7, 11) is -2.71. The molecule has 0 aromatic heterocycles. The van der Waals surface area contributed by atoms with E-state index in [9.17, 15) is 12.3 Å². The lowest BCUT2D eigenvalue weighted by Gasteiger charge is -1.96. The van der Waals surface area contributed by atoms with E-state index < -0.39 is 10.2 Å². The average Bonchev–Trinajstić information content (AvgIpc) is 2.24. The predicted molar refractivity (Wildman–Crippen MR) is 62.3 cm³/mol. The van der Waals surface area contributed by atoms with E-state index in [1.54, 1.807) is 12.1 Å². The molecule has 0 fully saturated rings. The van der Waals surface area contributed by atoms with Crippen LogP contribution in [0.15, 0.2) is 35.2 Å². The van der Waals surface area contributed by atoms with Crippen molar-refractivity contribution in [2.75, 3.05) is 13.6 Å². The van der Waals surface area contributed by atoms with Crippen molar-refractivity contribution in [2.45, 2.75) is 11.3 Å². The van der Waals surface area contributed by atoms with Gasteiger partial charge in [0.2, 0.25) is 0 Å². The Balaban J connectivity index is 2.69. The first-order valence-electron chi connectivity index (χ1n) is 4.90. The summed E-state index contributed by atoms with van der Waals surface area (Å²) < 4.78 is 33.7. The Morgan fingerprint density at radius 3 is 2.44 bits per heavy atom. The highest BCUT2D eigenvalue weighted by Crippen LogP contribution is 2.13. The van der Waals surface area contributed by atoms with Gasteiger partial charge in [0.15, 0.2) is 0 Å². The van der Waals surface area contributed by atoms with E-state index in [0.717, 1.165) is 18.5 Å². The molecule has 1 rings (SSSR count). The van der Waals surface area contributed by atoms with Crippen LogP contribution < -0.4 is 5.32 Å². The Kier molecular flexibility index (Phi) is 4.64. The summed E-state index contributed by atoms with van der Waals surface area (Å²) in [4.78, 5) is -0.306. The van der Waals surface area contributed by atoms with E-state index in [-0.39, 0.29) is 4.90 Å². The molecule has 1 aromatic carbocycles. The number of nitrogens with one attached hydrogen (secondary N) is 1. The molecule has 1 N–H and O–H groups in total. The Morgan fingerprint density at radius 1 is 1.31 bits per heavy atom. The van der Waals surface area contributed by atoms with Gasteiger partial charge in [-0.1, -0.05) is 24.3 Å². The van der Waals surface area contributed by atoms with Crippen LogP contribution in [0.1, 0.15) is 12.0 Å². The van der Waals surface area contributed by atoms with Gasteiger partial charge in [0.1, 0.15) is 0 Å². The second kappa shape index (κ2) is 5.77. The van der Waals surface area contributed by atoms with Crippen molar-refractivity contribution < 1.29 is 12.3 Å². The second-order valence-corrected chi connectivity index (χ2v) is 4.65. The molecular formula is C11H14FNO2S. The lowest BCUT2D eigenvalue weighted by molar-refractivity contribution is 0.552. The largest absolute Gasteiger partial charge is 0.332 e. The van der Waals surface area contributed by atoms with Crippen LogP contribution in [0.2, 0.25) is 0 Å². The summed E-state index contributed by atoms with van der Waals surface area (Å²) in [5.74, 6) is 0. The molecule has 0 saturated heterocycles. The molecule has 88 valence electrons. The molecule has 0 aliphatic carbocycles. The van der Waals surface area contributed by atoms with Crippen molar-refractivity contribution >= 4 is 16.3 Å². The molecule has 0 atom stereocenters. The van der Waals surface area contributed by atoms with Gasteiger partial charge in [-0.05, 0) is 37.7 Å². The molecule has 0 radical (unpaired) electrons. The van der Waals surface area contributed by atoms with Crippen LogP contribution in [0.5, 0.6) is 0 Å². The van der Waals surface area contributed by atoms with Crippen LogP contribution in [-0.4, -0.2) is 22.0 Å². The maximum atomic E-state index is 12.6. The van der Waals surface area contributed by atoms with Gasteiger partial charge in [-0.25, -0.2) is 0 Å². The van der Waals surface area contributed by atoms with Gasteiger partial charge < -0.3 is 5.32 Å². The van der Waals surface area contributed by atoms with E-state index >= 15 is 0 Å². The average molecular weight is 243 g/mol. The standard InChI is InChI=1S/C11H14FNO2S/c1-13-9-3-2-4-10-5-7-11(8-6-10)16(12,14)15/h2,4-8,13H,3,9H2,1H3. The van der Waals surface area contributed by atoms with Gasteiger partial charge in [0.25, 0.3) is 0 Å². The lowest BCUT2D eigenvalue weighted by Crippen LogP contribution is -2.05. The van der Waals surface area contributed by atoms with Gasteiger partial charge in [-0.2, -0.15) is 8.42 Å². The second-order valence-electron chi connectivity index (χ2n) is 3.30. The SMILES string of the molecule is CNCCC=Cc1ccc(S(=O)(=O)F)cc1. The molecule has 0 heterocycles. The number of hydrogen-bond donors (Lipinski definition) is 1. The third-order valence-electron chi connectivity index (χ3n) is 2.03. The van der Waals surface area contributed by atoms with Crippen molar-refractivity contribution in [3.05, 3.63) is 35.9 Å². The third-order valence-corrected chi connectivity index (χ3v) is 2.87. The van der Waals surface area contributed by atoms with Gasteiger partial charge in [0, 0.05) is 0 Å². The van der Waals surface area contributed by atoms with Crippen LogP contribution in [0.4, 0.5) is 3.89 Å². The molecule has 0 amide bonds. The summed E-state index contributed by atoms with van der Waals surface area (Å²) in [6, 6.07) is 5.66. The zero-order valence-electron chi connectivity index (χ0n) is 8.98. The first-order chi connectivity index (χ1) is 7.54. The summed E-state index contributed by atoms with van der Waals surface area (Å²) >= 11 is 0. The van der Waals surface area contributed by atoms with E-state index in [1.807, 2.05) is 19.2 Å². The Morgan fingerprint density at radius 2 is 1.94 bits per heavy atom. The first kappa shape index (κ1) is 12.9. The monoisotopic (exact) mass is 243 g/mol. The summed E-state index contributed by atoms with van der Waals surface area (Å²) in [6.07, 6.45) is 4.72. The lowest BCUT2D eigenvalue weighted by atomic mass is 10.2. The molecular weight excluding hydrogens is 229 g/mol. The molecule has 0 spiro atoms. The maximum absolute atomic E-state index is 12.6. The number of hydrogen-bond acceptors (Lipinski definition) is 3. The van der Waals surface area contributed by atoms with E-state index in [0.29, 0.717) is 0 Å². The van der Waals surface area contributed by atoms with Crippen molar-refractivity contribution in [2.24, 2.45) is 0 Å². The van der Waals surface area contributed by atoms with Crippen LogP contribution in [-0.2, 0) is 10.2 Å². The van der Waals surface area contributed by atoms with Crippen LogP contribution >= 0.6 is 0 Å². The fraction of sp³-hybridized carbons (Fsp3) is 0.273. The van der Waals surface area contributed by atoms with Crippen LogP contribution in [0, 0.1) is 0 Å². The highest BCUT2D eigenvalue weighted by atomic mass is 32.3. The fourth-order valence-electron chi connectivity index (χ4n) is 1.19. The zero-order chi connectivity index (χ0) is 12.0. The third kappa shape index (κ3) is 4.12. The first-order valence-corrected chi connectivity index (χ1v) is 6.28. The minimum Gasteiger partial charge on any atom is -0.319 e. The maximum Gasteiger partial charge on any atom is 0.332 e. The summed E-state index contributed by atoms with van der Waals surface area (Å²) in [5.41, 5.74) is 0.850. The predicted octanol–water partition coefficient (Wildman–Crippen LogP) is 1.97. The molecule has 5 heteroatoms. The topological polar surface area (TPSA) is 46.2 Å². The smallest absolute Gasteiger partial charge is 0.319 e. The number of rotatable bonds is 5. The molecule has 0 bridgehead atoms. The Bertz CT molecular complexity index is 451. The molecule has 0 unspecified atom stereocenters. The van der Waals surface area contributed by atoms with E-state index in [1.165, 1.54) is 12.1 Å². The molecule has 3 nitrogen and oxygen atoms in total. The summed E-state index contributed by atoms with van der Waals surface area (Å²) in [5, 5.41) is 3.00. The van der Waals surface area contributed by atoms with Gasteiger partial charge in [-0.15, -0.1) is 3.89 Å². The fourth-order valence-corrected chi connectivity index (χ4v) is 1.65. The Hall–Kier alpha value is -1.20. The molecule has 0 saturated carbocycles. The van der Waals surface area contributed by atoms with Crippen LogP contribution in [0.3, 0.4) is 0 Å². The van der Waals surface area contributed by atoms with Crippen molar-refractivity contribution in [1.29, 1.82) is 0 Å². The minimum atomic E-state index is -4.58. The van der Waals surface area contributed by atoms with Crippen molar-refractivity contribution in [3.63, 3.8) is 0 Å². The van der Waals surface area contributed by atoms with Gasteiger partial charge in [0.05, 0.1) is 4.90 Å². The summed E-state index contributed by atoms with van der Waals surface area (Å²) in [6.45, 7) is 0.882. The molecule has 0 aliphatic rings. The quantitative estimate of drug-likeness (QED) is 0.635.